The lowest BCUT2D eigenvalue weighted by molar-refractivity contribution is -0.149. The zero-order valence-electron chi connectivity index (χ0n) is 15.2. The largest absolute Gasteiger partial charge is 0.481 e. The van der Waals surface area contributed by atoms with Crippen LogP contribution in [-0.4, -0.2) is 53.7 Å². The minimum atomic E-state index is -0.841. The molecule has 1 amide bonds. The van der Waals surface area contributed by atoms with E-state index in [2.05, 4.69) is 4.98 Å². The summed E-state index contributed by atoms with van der Waals surface area (Å²) in [6.07, 6.45) is 3.64. The predicted molar refractivity (Wildman–Crippen MR) is 94.2 cm³/mol. The second-order valence-electron chi connectivity index (χ2n) is 7.58. The van der Waals surface area contributed by atoms with Gasteiger partial charge in [-0.3, -0.25) is 23.5 Å². The van der Waals surface area contributed by atoms with Crippen molar-refractivity contribution in [1.82, 2.24) is 23.6 Å². The van der Waals surface area contributed by atoms with Gasteiger partial charge in [-0.25, -0.2) is 9.78 Å². The van der Waals surface area contributed by atoms with Gasteiger partial charge in [0.1, 0.15) is 6.54 Å². The maximum atomic E-state index is 12.8. The van der Waals surface area contributed by atoms with E-state index in [0.717, 1.165) is 17.4 Å². The van der Waals surface area contributed by atoms with E-state index >= 15 is 0 Å². The number of hydrogen-bond acceptors (Lipinski definition) is 5. The van der Waals surface area contributed by atoms with E-state index in [1.54, 1.807) is 4.90 Å². The smallest absolute Gasteiger partial charge is 0.332 e. The first-order valence-corrected chi connectivity index (χ1v) is 8.88. The summed E-state index contributed by atoms with van der Waals surface area (Å²) in [5, 5.41) is 9.67. The molecule has 10 heteroatoms. The molecule has 1 saturated carbocycles. The highest BCUT2D eigenvalue weighted by atomic mass is 16.4. The molecule has 1 aliphatic carbocycles. The molecule has 144 valence electrons. The highest BCUT2D eigenvalue weighted by Crippen LogP contribution is 2.48. The number of carboxylic acids is 1. The molecule has 0 aromatic carbocycles. The zero-order chi connectivity index (χ0) is 19.5. The van der Waals surface area contributed by atoms with E-state index in [1.807, 2.05) is 0 Å². The van der Waals surface area contributed by atoms with Gasteiger partial charge in [0.15, 0.2) is 11.2 Å². The lowest BCUT2D eigenvalue weighted by Crippen LogP contribution is -2.39. The van der Waals surface area contributed by atoms with E-state index in [9.17, 15) is 24.3 Å². The van der Waals surface area contributed by atoms with Gasteiger partial charge in [-0.2, -0.15) is 0 Å². The maximum absolute atomic E-state index is 12.8. The van der Waals surface area contributed by atoms with Crippen LogP contribution in [0.2, 0.25) is 0 Å². The van der Waals surface area contributed by atoms with E-state index in [-0.39, 0.29) is 36.1 Å². The molecule has 3 heterocycles. The van der Waals surface area contributed by atoms with Crippen molar-refractivity contribution in [2.45, 2.75) is 25.8 Å². The van der Waals surface area contributed by atoms with Gasteiger partial charge in [0, 0.05) is 27.2 Å². The standard InChI is InChI=1S/C17H21N5O5/c1-19-13-12(14(24)20(2)16(19)27)22(9-18-13)7-11(23)21-6-10-4-3-5-17(10,8-21)15(25)26/h9-10H,3-8H2,1-2H3,(H,25,26)/t10-,17+/m0/s1. The number of carboxylic acid groups (broad SMARTS) is 1. The second-order valence-corrected chi connectivity index (χ2v) is 7.58. The first-order valence-electron chi connectivity index (χ1n) is 8.88. The van der Waals surface area contributed by atoms with E-state index in [0.29, 0.717) is 13.0 Å². The minimum Gasteiger partial charge on any atom is -0.481 e. The van der Waals surface area contributed by atoms with Crippen molar-refractivity contribution in [2.24, 2.45) is 25.4 Å². The number of fused-ring (bicyclic) bond motifs is 2. The number of amides is 1. The third-order valence-electron chi connectivity index (χ3n) is 6.17. The average Bonchev–Trinajstić information content (AvgIpc) is 3.30. The Bertz CT molecular complexity index is 1080. The van der Waals surface area contributed by atoms with Crippen LogP contribution in [0.3, 0.4) is 0 Å². The average molecular weight is 375 g/mol. The molecule has 1 aliphatic heterocycles. The molecule has 2 atom stereocenters. The third kappa shape index (κ3) is 2.35. The molecule has 1 N–H and O–H groups in total. The monoisotopic (exact) mass is 375 g/mol. The SMILES string of the molecule is Cn1c(=O)c2c(ncn2CC(=O)N2C[C@@H]3CCC[C@@]3(C(=O)O)C2)n(C)c1=O. The summed E-state index contributed by atoms with van der Waals surface area (Å²) >= 11 is 0. The topological polar surface area (TPSA) is 119 Å². The molecular formula is C17H21N5O5. The summed E-state index contributed by atoms with van der Waals surface area (Å²) in [6, 6.07) is 0. The Labute approximate surface area is 153 Å². The second kappa shape index (κ2) is 5.80. The summed E-state index contributed by atoms with van der Waals surface area (Å²) in [6.45, 7) is 0.510. The molecule has 2 fully saturated rings. The number of rotatable bonds is 3. The molecule has 0 bridgehead atoms. The van der Waals surface area contributed by atoms with Crippen molar-refractivity contribution < 1.29 is 14.7 Å². The molecule has 2 aliphatic rings. The fourth-order valence-corrected chi connectivity index (χ4v) is 4.59. The summed E-state index contributed by atoms with van der Waals surface area (Å²) in [7, 11) is 2.89. The Morgan fingerprint density at radius 2 is 2.04 bits per heavy atom. The zero-order valence-corrected chi connectivity index (χ0v) is 15.2. The van der Waals surface area contributed by atoms with Gasteiger partial charge in [0.25, 0.3) is 5.56 Å². The molecule has 2 aromatic heterocycles. The molecule has 0 spiro atoms. The molecule has 4 rings (SSSR count). The van der Waals surface area contributed by atoms with Gasteiger partial charge < -0.3 is 14.6 Å². The van der Waals surface area contributed by atoms with Crippen molar-refractivity contribution in [3.63, 3.8) is 0 Å². The number of aliphatic carboxylic acids is 1. The van der Waals surface area contributed by atoms with Crippen LogP contribution in [0.25, 0.3) is 11.2 Å². The Morgan fingerprint density at radius 3 is 2.70 bits per heavy atom. The van der Waals surface area contributed by atoms with E-state index in [4.69, 9.17) is 0 Å². The highest BCUT2D eigenvalue weighted by Gasteiger charge is 2.55. The van der Waals surface area contributed by atoms with Gasteiger partial charge in [-0.05, 0) is 18.8 Å². The Kier molecular flexibility index (Phi) is 3.76. The summed E-state index contributed by atoms with van der Waals surface area (Å²) in [5.74, 6) is -1.11. The van der Waals surface area contributed by atoms with Crippen molar-refractivity contribution in [2.75, 3.05) is 13.1 Å². The number of aryl methyl sites for hydroxylation is 1. The Hall–Kier alpha value is -2.91. The number of nitrogens with zero attached hydrogens (tertiary/aromatic N) is 5. The van der Waals surface area contributed by atoms with Gasteiger partial charge in [-0.15, -0.1) is 0 Å². The number of hydrogen-bond donors (Lipinski definition) is 1. The van der Waals surface area contributed by atoms with Gasteiger partial charge in [0.2, 0.25) is 5.91 Å². The first-order chi connectivity index (χ1) is 12.8. The number of carbonyl (C=O) groups excluding carboxylic acids is 1. The Balaban J connectivity index is 1.64. The fraction of sp³-hybridized carbons (Fsp3) is 0.588. The van der Waals surface area contributed by atoms with Crippen LogP contribution in [0.4, 0.5) is 0 Å². The summed E-state index contributed by atoms with van der Waals surface area (Å²) < 4.78 is 3.67. The van der Waals surface area contributed by atoms with Crippen molar-refractivity contribution >= 4 is 23.0 Å². The lowest BCUT2D eigenvalue weighted by atomic mass is 9.81. The van der Waals surface area contributed by atoms with Crippen LogP contribution in [0, 0.1) is 11.3 Å². The van der Waals surface area contributed by atoms with Crippen LogP contribution in [0.15, 0.2) is 15.9 Å². The predicted octanol–water partition coefficient (Wildman–Crippen LogP) is -0.853. The number of aromatic nitrogens is 4. The minimum absolute atomic E-state index is 0.0211. The summed E-state index contributed by atoms with van der Waals surface area (Å²) in [5.41, 5.74) is -1.44. The molecule has 2 aromatic rings. The molecular weight excluding hydrogens is 354 g/mol. The van der Waals surface area contributed by atoms with Crippen LogP contribution < -0.4 is 11.2 Å². The molecule has 27 heavy (non-hydrogen) atoms. The Morgan fingerprint density at radius 1 is 1.30 bits per heavy atom. The van der Waals surface area contributed by atoms with Crippen LogP contribution in [-0.2, 0) is 30.2 Å². The number of likely N-dealkylation sites (tertiary alicyclic amines) is 1. The maximum Gasteiger partial charge on any atom is 0.332 e. The number of imidazole rings is 1. The van der Waals surface area contributed by atoms with E-state index < -0.39 is 22.6 Å². The van der Waals surface area contributed by atoms with Crippen molar-refractivity contribution in [3.8, 4) is 0 Å². The molecule has 10 nitrogen and oxygen atoms in total. The van der Waals surface area contributed by atoms with Crippen molar-refractivity contribution in [3.05, 3.63) is 27.2 Å². The quantitative estimate of drug-likeness (QED) is 0.746. The highest BCUT2D eigenvalue weighted by molar-refractivity contribution is 5.82. The first kappa shape index (κ1) is 17.5. The number of carbonyl (C=O) groups is 2. The summed E-state index contributed by atoms with van der Waals surface area (Å²) in [4.78, 5) is 54.8. The van der Waals surface area contributed by atoms with Gasteiger partial charge >= 0.3 is 11.7 Å². The van der Waals surface area contributed by atoms with E-state index in [1.165, 1.54) is 29.6 Å². The molecule has 0 unspecified atom stereocenters. The fourth-order valence-electron chi connectivity index (χ4n) is 4.59. The van der Waals surface area contributed by atoms with Crippen LogP contribution >= 0.6 is 0 Å². The molecule has 1 saturated heterocycles. The van der Waals surface area contributed by atoms with Gasteiger partial charge in [-0.1, -0.05) is 6.42 Å². The van der Waals surface area contributed by atoms with Gasteiger partial charge in [0.05, 0.1) is 11.7 Å². The van der Waals surface area contributed by atoms with Crippen molar-refractivity contribution in [1.29, 1.82) is 0 Å². The van der Waals surface area contributed by atoms with Crippen LogP contribution in [0.1, 0.15) is 19.3 Å². The molecule has 0 radical (unpaired) electrons. The normalized spacial score (nSPS) is 24.5. The van der Waals surface area contributed by atoms with Crippen LogP contribution in [0.5, 0.6) is 0 Å². The lowest BCUT2D eigenvalue weighted by Gasteiger charge is -2.23. The third-order valence-corrected chi connectivity index (χ3v) is 6.17.